The molecule has 2 bridgehead atoms. The molecule has 126 valence electrons. The number of ether oxygens (including phenoxy) is 2. The highest BCUT2D eigenvalue weighted by Crippen LogP contribution is 2.30. The van der Waals surface area contributed by atoms with E-state index in [0.29, 0.717) is 19.6 Å². The van der Waals surface area contributed by atoms with Crippen molar-refractivity contribution in [2.75, 3.05) is 13.2 Å². The number of fused-ring (bicyclic) bond motifs is 2. The number of nitriles is 1. The van der Waals surface area contributed by atoms with Gasteiger partial charge in [-0.05, 0) is 24.8 Å². The minimum Gasteiger partial charge on any atom is -0.445 e. The molecule has 2 heterocycles. The molecule has 1 aromatic carbocycles. The van der Waals surface area contributed by atoms with E-state index in [9.17, 15) is 4.79 Å². The van der Waals surface area contributed by atoms with Crippen LogP contribution in [0.15, 0.2) is 42.0 Å². The summed E-state index contributed by atoms with van der Waals surface area (Å²) in [6.45, 7) is 1.35. The third-order valence-electron chi connectivity index (χ3n) is 4.48. The van der Waals surface area contributed by atoms with Crippen molar-refractivity contribution < 1.29 is 14.3 Å². The van der Waals surface area contributed by atoms with E-state index in [1.54, 1.807) is 0 Å². The normalized spacial score (nSPS) is 22.5. The van der Waals surface area contributed by atoms with Gasteiger partial charge in [-0.3, -0.25) is 4.90 Å². The lowest BCUT2D eigenvalue weighted by atomic mass is 9.91. The van der Waals surface area contributed by atoms with Gasteiger partial charge in [0.05, 0.1) is 31.4 Å². The molecule has 0 saturated carbocycles. The van der Waals surface area contributed by atoms with Gasteiger partial charge < -0.3 is 9.47 Å². The van der Waals surface area contributed by atoms with Crippen LogP contribution in [0.1, 0.15) is 31.2 Å². The van der Waals surface area contributed by atoms with Gasteiger partial charge in [0.15, 0.2) is 0 Å². The molecule has 24 heavy (non-hydrogen) atoms. The Morgan fingerprint density at radius 1 is 1.33 bits per heavy atom. The molecule has 1 amide bonds. The minimum absolute atomic E-state index is 0.0362. The zero-order valence-corrected chi connectivity index (χ0v) is 13.7. The molecule has 1 fully saturated rings. The molecule has 3 rings (SSSR count). The Morgan fingerprint density at radius 2 is 2.17 bits per heavy atom. The van der Waals surface area contributed by atoms with Crippen molar-refractivity contribution in [3.8, 4) is 6.07 Å². The van der Waals surface area contributed by atoms with E-state index >= 15 is 0 Å². The highest BCUT2D eigenvalue weighted by molar-refractivity contribution is 5.69. The second-order valence-corrected chi connectivity index (χ2v) is 6.25. The molecule has 5 nitrogen and oxygen atoms in total. The van der Waals surface area contributed by atoms with Crippen LogP contribution in [0.4, 0.5) is 4.79 Å². The summed E-state index contributed by atoms with van der Waals surface area (Å²) in [4.78, 5) is 14.3. The number of rotatable bonds is 5. The fourth-order valence-corrected chi connectivity index (χ4v) is 3.34. The van der Waals surface area contributed by atoms with Crippen molar-refractivity contribution in [3.63, 3.8) is 0 Å². The van der Waals surface area contributed by atoms with E-state index in [-0.39, 0.29) is 24.8 Å². The zero-order valence-electron chi connectivity index (χ0n) is 13.7. The third kappa shape index (κ3) is 3.95. The highest BCUT2D eigenvalue weighted by atomic mass is 16.6. The van der Waals surface area contributed by atoms with Crippen LogP contribution in [0, 0.1) is 11.3 Å². The molecule has 0 aromatic heterocycles. The first-order valence-electron chi connectivity index (χ1n) is 8.41. The van der Waals surface area contributed by atoms with Crippen molar-refractivity contribution in [3.05, 3.63) is 47.5 Å². The smallest absolute Gasteiger partial charge is 0.411 e. The SMILES string of the molecule is N#CCCCC1=CC2COCC(C1)N2C(=O)OCc1ccccc1. The second-order valence-electron chi connectivity index (χ2n) is 6.25. The first kappa shape index (κ1) is 16.5. The second kappa shape index (κ2) is 7.98. The van der Waals surface area contributed by atoms with E-state index in [1.165, 1.54) is 5.57 Å². The van der Waals surface area contributed by atoms with Crippen molar-refractivity contribution in [2.45, 2.75) is 44.4 Å². The van der Waals surface area contributed by atoms with Crippen LogP contribution in [0.25, 0.3) is 0 Å². The van der Waals surface area contributed by atoms with E-state index in [2.05, 4.69) is 12.1 Å². The summed E-state index contributed by atoms with van der Waals surface area (Å²) in [5.74, 6) is 0. The summed E-state index contributed by atoms with van der Waals surface area (Å²) in [6, 6.07) is 11.9. The average Bonchev–Trinajstić information content (AvgIpc) is 2.60. The molecule has 2 unspecified atom stereocenters. The maximum atomic E-state index is 12.5. The van der Waals surface area contributed by atoms with Gasteiger partial charge in [0, 0.05) is 6.42 Å². The number of unbranched alkanes of at least 4 members (excludes halogenated alkanes) is 1. The average molecular weight is 326 g/mol. The Hall–Kier alpha value is -2.32. The molecule has 2 atom stereocenters. The maximum Gasteiger partial charge on any atom is 0.411 e. The van der Waals surface area contributed by atoms with Crippen LogP contribution < -0.4 is 0 Å². The first-order chi connectivity index (χ1) is 11.8. The van der Waals surface area contributed by atoms with Gasteiger partial charge in [-0.15, -0.1) is 0 Å². The lowest BCUT2D eigenvalue weighted by molar-refractivity contribution is -0.0375. The molecule has 2 aliphatic heterocycles. The van der Waals surface area contributed by atoms with E-state index in [1.807, 2.05) is 35.2 Å². The molecule has 2 aliphatic rings. The van der Waals surface area contributed by atoms with Crippen LogP contribution in [0.3, 0.4) is 0 Å². The Kier molecular flexibility index (Phi) is 5.50. The van der Waals surface area contributed by atoms with Crippen LogP contribution in [0.2, 0.25) is 0 Å². The van der Waals surface area contributed by atoms with Gasteiger partial charge in [0.2, 0.25) is 0 Å². The molecule has 1 saturated heterocycles. The van der Waals surface area contributed by atoms with Crippen LogP contribution >= 0.6 is 0 Å². The summed E-state index contributed by atoms with van der Waals surface area (Å²) in [6.07, 6.45) is 5.03. The third-order valence-corrected chi connectivity index (χ3v) is 4.48. The molecule has 0 N–H and O–H groups in total. The monoisotopic (exact) mass is 326 g/mol. The number of morpholine rings is 1. The van der Waals surface area contributed by atoms with Gasteiger partial charge in [-0.2, -0.15) is 5.26 Å². The Morgan fingerprint density at radius 3 is 2.92 bits per heavy atom. The number of carbonyl (C=O) groups excluding carboxylic acids is 1. The maximum absolute atomic E-state index is 12.5. The van der Waals surface area contributed by atoms with Crippen molar-refractivity contribution in [2.24, 2.45) is 0 Å². The quantitative estimate of drug-likeness (QED) is 0.614. The summed E-state index contributed by atoms with van der Waals surface area (Å²) >= 11 is 0. The van der Waals surface area contributed by atoms with Crippen molar-refractivity contribution >= 4 is 6.09 Å². The van der Waals surface area contributed by atoms with Gasteiger partial charge in [0.25, 0.3) is 0 Å². The number of amides is 1. The summed E-state index contributed by atoms with van der Waals surface area (Å²) < 4.78 is 11.1. The molecule has 0 aliphatic carbocycles. The molecular formula is C19H22N2O3. The fraction of sp³-hybridized carbons (Fsp3) is 0.474. The van der Waals surface area contributed by atoms with Crippen LogP contribution in [-0.2, 0) is 16.1 Å². The highest BCUT2D eigenvalue weighted by Gasteiger charge is 2.38. The standard InChI is InChI=1S/C19H22N2O3/c20-9-5-4-8-16-10-17-13-23-14-18(11-16)21(17)19(22)24-12-15-6-2-1-3-7-15/h1-3,6-7,10,17-18H,4-5,8,11-14H2. The number of nitrogens with zero attached hydrogens (tertiary/aromatic N) is 2. The predicted molar refractivity (Wildman–Crippen MR) is 89.0 cm³/mol. The molecule has 0 radical (unpaired) electrons. The summed E-state index contributed by atoms with van der Waals surface area (Å²) in [5.41, 5.74) is 2.31. The largest absolute Gasteiger partial charge is 0.445 e. The van der Waals surface area contributed by atoms with Crippen molar-refractivity contribution in [1.29, 1.82) is 5.26 Å². The molecule has 0 spiro atoms. The van der Waals surface area contributed by atoms with Crippen LogP contribution in [-0.4, -0.2) is 36.3 Å². The Balaban J connectivity index is 1.61. The number of hydrogen-bond donors (Lipinski definition) is 0. The number of hydrogen-bond acceptors (Lipinski definition) is 4. The summed E-state index contributed by atoms with van der Waals surface area (Å²) in [7, 11) is 0. The molecule has 5 heteroatoms. The number of carbonyl (C=O) groups is 1. The van der Waals surface area contributed by atoms with E-state index < -0.39 is 0 Å². The van der Waals surface area contributed by atoms with Gasteiger partial charge in [-0.25, -0.2) is 4.79 Å². The van der Waals surface area contributed by atoms with Gasteiger partial charge in [0.1, 0.15) is 6.61 Å². The Bertz CT molecular complexity index is 636. The minimum atomic E-state index is -0.274. The first-order valence-corrected chi connectivity index (χ1v) is 8.41. The lowest BCUT2D eigenvalue weighted by Gasteiger charge is -2.43. The summed E-state index contributed by atoms with van der Waals surface area (Å²) in [5, 5.41) is 8.67. The Labute approximate surface area is 142 Å². The number of benzene rings is 1. The molecule has 1 aromatic rings. The van der Waals surface area contributed by atoms with E-state index in [0.717, 1.165) is 24.8 Å². The van der Waals surface area contributed by atoms with Crippen molar-refractivity contribution in [1.82, 2.24) is 4.90 Å². The lowest BCUT2D eigenvalue weighted by Crippen LogP contribution is -2.56. The van der Waals surface area contributed by atoms with Crippen LogP contribution in [0.5, 0.6) is 0 Å². The topological polar surface area (TPSA) is 62.6 Å². The van der Waals surface area contributed by atoms with E-state index in [4.69, 9.17) is 14.7 Å². The predicted octanol–water partition coefficient (Wildman–Crippen LogP) is 3.42. The van der Waals surface area contributed by atoms with Gasteiger partial charge >= 0.3 is 6.09 Å². The van der Waals surface area contributed by atoms with Gasteiger partial charge in [-0.1, -0.05) is 42.0 Å². The molecular weight excluding hydrogens is 304 g/mol. The zero-order chi connectivity index (χ0) is 16.8. The fourth-order valence-electron chi connectivity index (χ4n) is 3.34.